The summed E-state index contributed by atoms with van der Waals surface area (Å²) in [6.45, 7) is 14.3. The highest BCUT2D eigenvalue weighted by molar-refractivity contribution is 5.95. The first-order valence-electron chi connectivity index (χ1n) is 19.5. The van der Waals surface area contributed by atoms with Crippen molar-refractivity contribution in [3.63, 3.8) is 0 Å². The topological polar surface area (TPSA) is 120 Å². The van der Waals surface area contributed by atoms with Gasteiger partial charge in [0.05, 0.1) is 11.3 Å². The number of unbranched alkanes of at least 4 members (excludes halogenated alkanes) is 4. The molecule has 2 amide bonds. The largest absolute Gasteiger partial charge is 0.508 e. The predicted octanol–water partition coefficient (Wildman–Crippen LogP) is 6.63. The lowest BCUT2D eigenvalue weighted by atomic mass is 9.59. The average Bonchev–Trinajstić information content (AvgIpc) is 3.83. The van der Waals surface area contributed by atoms with Crippen molar-refractivity contribution in [2.45, 2.75) is 128 Å². The van der Waals surface area contributed by atoms with Gasteiger partial charge in [0.25, 0.3) is 0 Å². The van der Waals surface area contributed by atoms with Crippen LogP contribution in [-0.4, -0.2) is 65.9 Å². The molecule has 8 heteroatoms. The minimum Gasteiger partial charge on any atom is -0.508 e. The van der Waals surface area contributed by atoms with E-state index in [0.29, 0.717) is 30.7 Å². The summed E-state index contributed by atoms with van der Waals surface area (Å²) in [4.78, 5) is 35.1. The van der Waals surface area contributed by atoms with Crippen molar-refractivity contribution < 1.29 is 14.7 Å². The SMILES string of the molecule is CCCCC(N)=NCCCCCCNC(=O)C(CC(C)C)NC(=O)[C@]1(c2ccccc2)CC1CN1CC[C@@]2(C)c3cc(O)ccc3CC1C2C. The Kier molecular flexibility index (Phi) is 12.7. The molecule has 8 nitrogen and oxygen atoms in total. The van der Waals surface area contributed by atoms with Gasteiger partial charge in [-0.2, -0.15) is 0 Å². The van der Waals surface area contributed by atoms with E-state index in [-0.39, 0.29) is 29.1 Å². The number of nitrogens with zero attached hydrogens (tertiary/aromatic N) is 2. The Morgan fingerprint density at radius 3 is 2.58 bits per heavy atom. The summed E-state index contributed by atoms with van der Waals surface area (Å²) in [6, 6.07) is 15.9. The second-order valence-corrected chi connectivity index (χ2v) is 16.1. The van der Waals surface area contributed by atoms with Crippen LogP contribution < -0.4 is 16.4 Å². The van der Waals surface area contributed by atoms with Gasteiger partial charge in [0.15, 0.2) is 0 Å². The van der Waals surface area contributed by atoms with E-state index < -0.39 is 11.5 Å². The van der Waals surface area contributed by atoms with Crippen molar-refractivity contribution >= 4 is 17.6 Å². The molecule has 274 valence electrons. The smallest absolute Gasteiger partial charge is 0.242 e. The summed E-state index contributed by atoms with van der Waals surface area (Å²) in [7, 11) is 0. The van der Waals surface area contributed by atoms with Crippen LogP contribution in [0.3, 0.4) is 0 Å². The summed E-state index contributed by atoms with van der Waals surface area (Å²) in [6.07, 6.45) is 10.4. The predicted molar refractivity (Wildman–Crippen MR) is 203 cm³/mol. The Labute approximate surface area is 301 Å². The van der Waals surface area contributed by atoms with E-state index in [1.165, 1.54) is 11.1 Å². The number of likely N-dealkylation sites (tertiary alicyclic amines) is 1. The van der Waals surface area contributed by atoms with Crippen LogP contribution in [0.15, 0.2) is 53.5 Å². The highest BCUT2D eigenvalue weighted by Crippen LogP contribution is 2.57. The Bertz CT molecular complexity index is 1480. The number of nitrogens with one attached hydrogen (secondary N) is 2. The quantitative estimate of drug-likeness (QED) is 0.0798. The number of nitrogens with two attached hydrogens (primary N) is 1. The third-order valence-corrected chi connectivity index (χ3v) is 12.2. The van der Waals surface area contributed by atoms with Gasteiger partial charge in [0, 0.05) is 32.1 Å². The number of carbonyl (C=O) groups excluding carboxylic acids is 2. The molecule has 1 saturated heterocycles. The molecule has 5 N–H and O–H groups in total. The van der Waals surface area contributed by atoms with Gasteiger partial charge in [-0.15, -0.1) is 0 Å². The lowest BCUT2D eigenvalue weighted by molar-refractivity contribution is -0.131. The first kappa shape index (κ1) is 37.9. The zero-order valence-corrected chi connectivity index (χ0v) is 31.3. The summed E-state index contributed by atoms with van der Waals surface area (Å²) in [5.41, 5.74) is 9.04. The molecule has 1 aliphatic heterocycles. The number of piperidine rings is 1. The molecular formula is C42H63N5O3. The van der Waals surface area contributed by atoms with Crippen LogP contribution in [0.5, 0.6) is 5.75 Å². The van der Waals surface area contributed by atoms with Gasteiger partial charge < -0.3 is 21.5 Å². The maximum atomic E-state index is 14.4. The molecule has 50 heavy (non-hydrogen) atoms. The highest BCUT2D eigenvalue weighted by atomic mass is 16.3. The molecule has 2 bridgehead atoms. The molecule has 3 aliphatic rings. The van der Waals surface area contributed by atoms with Crippen LogP contribution in [0, 0.1) is 17.8 Å². The number of aliphatic imine (C=N–C) groups is 1. The second kappa shape index (κ2) is 16.8. The maximum Gasteiger partial charge on any atom is 0.242 e. The molecule has 2 aromatic rings. The van der Waals surface area contributed by atoms with E-state index in [9.17, 15) is 14.7 Å². The molecule has 2 fully saturated rings. The fourth-order valence-corrected chi connectivity index (χ4v) is 8.83. The van der Waals surface area contributed by atoms with E-state index in [1.54, 1.807) is 0 Å². The number of phenols is 1. The normalized spacial score (nSPS) is 26.7. The fourth-order valence-electron chi connectivity index (χ4n) is 8.83. The van der Waals surface area contributed by atoms with Gasteiger partial charge in [0.1, 0.15) is 11.8 Å². The Balaban J connectivity index is 1.19. The number of aromatic hydroxyl groups is 1. The first-order chi connectivity index (χ1) is 24.0. The van der Waals surface area contributed by atoms with Gasteiger partial charge in [-0.3, -0.25) is 19.5 Å². The van der Waals surface area contributed by atoms with Gasteiger partial charge in [-0.1, -0.05) is 90.3 Å². The van der Waals surface area contributed by atoms with Gasteiger partial charge in [-0.05, 0) is 103 Å². The number of hydrogen-bond donors (Lipinski definition) is 4. The van der Waals surface area contributed by atoms with Crippen molar-refractivity contribution in [1.82, 2.24) is 15.5 Å². The Morgan fingerprint density at radius 2 is 1.84 bits per heavy atom. The van der Waals surface area contributed by atoms with E-state index in [2.05, 4.69) is 73.3 Å². The minimum atomic E-state index is -0.637. The number of amidine groups is 1. The molecule has 2 aromatic carbocycles. The van der Waals surface area contributed by atoms with Crippen LogP contribution >= 0.6 is 0 Å². The number of amides is 2. The van der Waals surface area contributed by atoms with Crippen LogP contribution in [0.2, 0.25) is 0 Å². The summed E-state index contributed by atoms with van der Waals surface area (Å²) < 4.78 is 0. The van der Waals surface area contributed by atoms with Crippen molar-refractivity contribution in [2.75, 3.05) is 26.2 Å². The molecular weight excluding hydrogens is 622 g/mol. The van der Waals surface area contributed by atoms with Crippen molar-refractivity contribution in [1.29, 1.82) is 0 Å². The number of hydrogen-bond acceptors (Lipinski definition) is 5. The lowest BCUT2D eigenvalue weighted by Crippen LogP contribution is -2.58. The van der Waals surface area contributed by atoms with Crippen LogP contribution in [0.25, 0.3) is 0 Å². The number of benzene rings is 2. The third kappa shape index (κ3) is 8.55. The molecule has 1 saturated carbocycles. The van der Waals surface area contributed by atoms with E-state index in [1.807, 2.05) is 30.3 Å². The van der Waals surface area contributed by atoms with Crippen molar-refractivity contribution in [2.24, 2.45) is 28.5 Å². The first-order valence-corrected chi connectivity index (χ1v) is 19.5. The molecule has 0 radical (unpaired) electrons. The fraction of sp³-hybridized carbons (Fsp3) is 0.643. The summed E-state index contributed by atoms with van der Waals surface area (Å²) >= 11 is 0. The number of carbonyl (C=O) groups is 2. The molecule has 0 aromatic heterocycles. The van der Waals surface area contributed by atoms with Gasteiger partial charge in [0.2, 0.25) is 11.8 Å². The third-order valence-electron chi connectivity index (χ3n) is 12.2. The monoisotopic (exact) mass is 685 g/mol. The van der Waals surface area contributed by atoms with Gasteiger partial charge >= 0.3 is 0 Å². The second-order valence-electron chi connectivity index (χ2n) is 16.1. The lowest BCUT2D eigenvalue weighted by Gasteiger charge is -2.55. The molecule has 6 atom stereocenters. The van der Waals surface area contributed by atoms with Crippen LogP contribution in [0.1, 0.15) is 116 Å². The summed E-state index contributed by atoms with van der Waals surface area (Å²) in [5, 5.41) is 16.7. The summed E-state index contributed by atoms with van der Waals surface area (Å²) in [5.74, 6) is 1.88. The Morgan fingerprint density at radius 1 is 1.08 bits per heavy atom. The maximum absolute atomic E-state index is 14.4. The van der Waals surface area contributed by atoms with Crippen molar-refractivity contribution in [3.05, 3.63) is 65.2 Å². The molecule has 2 aliphatic carbocycles. The zero-order valence-electron chi connectivity index (χ0n) is 31.3. The minimum absolute atomic E-state index is 0.0207. The zero-order chi connectivity index (χ0) is 35.9. The van der Waals surface area contributed by atoms with Crippen LogP contribution in [0.4, 0.5) is 0 Å². The van der Waals surface area contributed by atoms with Crippen molar-refractivity contribution in [3.8, 4) is 5.75 Å². The van der Waals surface area contributed by atoms with E-state index >= 15 is 0 Å². The number of phenolic OH excluding ortho intramolecular Hbond substituents is 1. The molecule has 1 heterocycles. The average molecular weight is 686 g/mol. The molecule has 0 spiro atoms. The van der Waals surface area contributed by atoms with E-state index in [0.717, 1.165) is 95.2 Å². The van der Waals surface area contributed by atoms with E-state index in [4.69, 9.17) is 5.73 Å². The standard InChI is InChI=1S/C42H63N5O3/c1-6-7-17-38(43)44-21-13-8-9-14-22-45-39(49)36(24-29(2)3)46-40(50)42(32-15-11-10-12-16-32)27-33(42)28-47-23-20-41(5)30(4)37(47)25-31-18-19-34(48)26-35(31)41/h10-12,15-16,18-19,26,29-30,33,36-37,48H,6-9,13-14,17,20-25,27-28H2,1-5H3,(H2,43,44)(H,45,49)(H,46,50)/t30?,33?,36?,37?,41-,42+/m1/s1. The van der Waals surface area contributed by atoms with Gasteiger partial charge in [-0.25, -0.2) is 0 Å². The van der Waals surface area contributed by atoms with Crippen LogP contribution in [-0.2, 0) is 26.8 Å². The molecule has 4 unspecified atom stereocenters. The molecule has 5 rings (SSSR count). The number of rotatable bonds is 18. The number of fused-ring (bicyclic) bond motifs is 4. The Hall–Kier alpha value is -3.39. The highest BCUT2D eigenvalue weighted by Gasteiger charge is 2.62.